The van der Waals surface area contributed by atoms with Gasteiger partial charge in [-0.05, 0) is 49.4 Å². The number of rotatable bonds is 8. The third kappa shape index (κ3) is 6.93. The number of methoxy groups -OCH3 is 1. The summed E-state index contributed by atoms with van der Waals surface area (Å²) in [6.45, 7) is 2.42. The fourth-order valence-electron chi connectivity index (χ4n) is 2.40. The first-order chi connectivity index (χ1) is 14.3. The Morgan fingerprint density at radius 1 is 0.967 bits per heavy atom. The first kappa shape index (κ1) is 22.4. The number of anilines is 2. The van der Waals surface area contributed by atoms with Gasteiger partial charge in [0.15, 0.2) is 6.10 Å². The highest BCUT2D eigenvalue weighted by Crippen LogP contribution is 2.14. The van der Waals surface area contributed by atoms with Crippen LogP contribution in [0.3, 0.4) is 0 Å². The molecule has 0 spiro atoms. The number of esters is 1. The molecule has 30 heavy (non-hydrogen) atoms. The minimum absolute atomic E-state index is 0.203. The Labute approximate surface area is 173 Å². The normalized spacial score (nSPS) is 11.0. The number of hydrogen-bond acceptors (Lipinski definition) is 6. The lowest BCUT2D eigenvalue weighted by Crippen LogP contribution is -2.35. The second kappa shape index (κ2) is 10.6. The zero-order valence-corrected chi connectivity index (χ0v) is 16.9. The van der Waals surface area contributed by atoms with E-state index >= 15 is 0 Å². The van der Waals surface area contributed by atoms with Crippen molar-refractivity contribution in [2.75, 3.05) is 24.3 Å². The second-order valence-electron chi connectivity index (χ2n) is 6.29. The molecule has 0 saturated heterocycles. The molecule has 9 heteroatoms. The number of benzene rings is 2. The summed E-state index contributed by atoms with van der Waals surface area (Å²) in [5.74, 6) is -1.45. The van der Waals surface area contributed by atoms with Gasteiger partial charge in [-0.1, -0.05) is 6.07 Å². The Morgan fingerprint density at radius 3 is 2.20 bits per heavy atom. The molecule has 0 heterocycles. The summed E-state index contributed by atoms with van der Waals surface area (Å²) in [6.07, 6.45) is -1.07. The molecule has 0 aliphatic rings. The van der Waals surface area contributed by atoms with E-state index in [2.05, 4.69) is 16.0 Å². The van der Waals surface area contributed by atoms with Crippen molar-refractivity contribution in [2.24, 2.45) is 0 Å². The van der Waals surface area contributed by atoms with Crippen molar-refractivity contribution in [2.45, 2.75) is 20.0 Å². The summed E-state index contributed by atoms with van der Waals surface area (Å²) in [4.78, 5) is 47.2. The van der Waals surface area contributed by atoms with Gasteiger partial charge in [-0.25, -0.2) is 0 Å². The van der Waals surface area contributed by atoms with Crippen LogP contribution in [0.1, 0.15) is 24.2 Å². The van der Waals surface area contributed by atoms with Crippen LogP contribution in [0.15, 0.2) is 48.5 Å². The fraction of sp³-hybridized carbons (Fsp3) is 0.238. The number of carbonyl (C=O) groups excluding carboxylic acids is 4. The van der Waals surface area contributed by atoms with E-state index in [1.807, 2.05) is 0 Å². The SMILES string of the molecule is COc1cccc(C(=O)NCC(=O)O[C@H](C)C(=O)Nc2ccc(NC(C)=O)cc2)c1. The molecule has 0 radical (unpaired) electrons. The van der Waals surface area contributed by atoms with Crippen LogP contribution in [-0.2, 0) is 19.1 Å². The molecule has 3 amide bonds. The first-order valence-electron chi connectivity index (χ1n) is 9.08. The Bertz CT molecular complexity index is 927. The lowest BCUT2D eigenvalue weighted by atomic mass is 10.2. The molecule has 2 aromatic rings. The average Bonchev–Trinajstić information content (AvgIpc) is 2.73. The molecule has 0 aromatic heterocycles. The van der Waals surface area contributed by atoms with Gasteiger partial charge in [-0.15, -0.1) is 0 Å². The van der Waals surface area contributed by atoms with E-state index in [1.54, 1.807) is 42.5 Å². The van der Waals surface area contributed by atoms with Crippen LogP contribution >= 0.6 is 0 Å². The van der Waals surface area contributed by atoms with E-state index in [1.165, 1.54) is 27.0 Å². The van der Waals surface area contributed by atoms with Crippen molar-refractivity contribution in [3.8, 4) is 5.75 Å². The molecule has 9 nitrogen and oxygen atoms in total. The van der Waals surface area contributed by atoms with Gasteiger partial charge in [0.1, 0.15) is 12.3 Å². The Hall–Kier alpha value is -3.88. The van der Waals surface area contributed by atoms with Crippen molar-refractivity contribution in [1.29, 1.82) is 0 Å². The van der Waals surface area contributed by atoms with E-state index in [4.69, 9.17) is 9.47 Å². The summed E-state index contributed by atoms with van der Waals surface area (Å²) < 4.78 is 10.1. The van der Waals surface area contributed by atoms with E-state index in [0.29, 0.717) is 22.7 Å². The van der Waals surface area contributed by atoms with Gasteiger partial charge >= 0.3 is 5.97 Å². The second-order valence-corrected chi connectivity index (χ2v) is 6.29. The van der Waals surface area contributed by atoms with Gasteiger partial charge in [0.2, 0.25) is 5.91 Å². The van der Waals surface area contributed by atoms with Crippen molar-refractivity contribution in [1.82, 2.24) is 5.32 Å². The molecule has 2 aromatic carbocycles. The summed E-state index contributed by atoms with van der Waals surface area (Å²) in [5, 5.41) is 7.64. The topological polar surface area (TPSA) is 123 Å². The molecule has 158 valence electrons. The van der Waals surface area contributed by atoms with Crippen molar-refractivity contribution >= 4 is 35.1 Å². The van der Waals surface area contributed by atoms with Gasteiger partial charge in [-0.3, -0.25) is 19.2 Å². The molecule has 0 saturated carbocycles. The molecule has 0 aliphatic heterocycles. The molecule has 0 unspecified atom stereocenters. The van der Waals surface area contributed by atoms with E-state index < -0.39 is 23.9 Å². The third-order valence-electron chi connectivity index (χ3n) is 3.88. The Kier molecular flexibility index (Phi) is 7.92. The summed E-state index contributed by atoms with van der Waals surface area (Å²) in [5.41, 5.74) is 1.39. The van der Waals surface area contributed by atoms with Crippen LogP contribution in [0.25, 0.3) is 0 Å². The lowest BCUT2D eigenvalue weighted by molar-refractivity contribution is -0.152. The average molecular weight is 413 g/mol. The van der Waals surface area contributed by atoms with E-state index in [0.717, 1.165) is 0 Å². The fourth-order valence-corrected chi connectivity index (χ4v) is 2.40. The highest BCUT2D eigenvalue weighted by atomic mass is 16.5. The highest BCUT2D eigenvalue weighted by Gasteiger charge is 2.18. The summed E-state index contributed by atoms with van der Waals surface area (Å²) >= 11 is 0. The molecular formula is C21H23N3O6. The largest absolute Gasteiger partial charge is 0.497 e. The smallest absolute Gasteiger partial charge is 0.326 e. The summed E-state index contributed by atoms with van der Waals surface area (Å²) in [7, 11) is 1.48. The van der Waals surface area contributed by atoms with Gasteiger partial charge in [-0.2, -0.15) is 0 Å². The quantitative estimate of drug-likeness (QED) is 0.569. The van der Waals surface area contributed by atoms with Gasteiger partial charge < -0.3 is 25.4 Å². The van der Waals surface area contributed by atoms with E-state index in [-0.39, 0.29) is 12.5 Å². The highest BCUT2D eigenvalue weighted by molar-refractivity contribution is 5.97. The van der Waals surface area contributed by atoms with Crippen LogP contribution in [0.5, 0.6) is 5.75 Å². The number of amides is 3. The van der Waals surface area contributed by atoms with Crippen molar-refractivity contribution in [3.05, 3.63) is 54.1 Å². The molecule has 0 aliphatic carbocycles. The predicted octanol–water partition coefficient (Wildman–Crippen LogP) is 1.95. The molecule has 3 N–H and O–H groups in total. The number of ether oxygens (including phenoxy) is 2. The van der Waals surface area contributed by atoms with Gasteiger partial charge in [0, 0.05) is 23.9 Å². The minimum atomic E-state index is -1.07. The molecule has 0 fully saturated rings. The Balaban J connectivity index is 1.80. The zero-order chi connectivity index (χ0) is 22.1. The zero-order valence-electron chi connectivity index (χ0n) is 16.9. The third-order valence-corrected chi connectivity index (χ3v) is 3.88. The van der Waals surface area contributed by atoms with Crippen molar-refractivity contribution in [3.63, 3.8) is 0 Å². The number of hydrogen-bond donors (Lipinski definition) is 3. The molecule has 1 atom stereocenters. The van der Waals surface area contributed by atoms with Crippen LogP contribution in [-0.4, -0.2) is 43.4 Å². The molecular weight excluding hydrogens is 390 g/mol. The van der Waals surface area contributed by atoms with E-state index in [9.17, 15) is 19.2 Å². The minimum Gasteiger partial charge on any atom is -0.497 e. The standard InChI is InChI=1S/C21H23N3O6/c1-13(20(27)24-17-9-7-16(8-10-17)23-14(2)25)30-19(26)12-22-21(28)15-5-4-6-18(11-15)29-3/h4-11,13H,12H2,1-3H3,(H,22,28)(H,23,25)(H,24,27)/t13-/m1/s1. The van der Waals surface area contributed by atoms with Crippen LogP contribution in [0, 0.1) is 0 Å². The van der Waals surface area contributed by atoms with Crippen LogP contribution < -0.4 is 20.7 Å². The maximum atomic E-state index is 12.2. The van der Waals surface area contributed by atoms with Crippen LogP contribution in [0.2, 0.25) is 0 Å². The number of carbonyl (C=O) groups is 4. The monoisotopic (exact) mass is 413 g/mol. The maximum Gasteiger partial charge on any atom is 0.326 e. The molecule has 0 bridgehead atoms. The Morgan fingerprint density at radius 2 is 1.60 bits per heavy atom. The molecule has 2 rings (SSSR count). The first-order valence-corrected chi connectivity index (χ1v) is 9.08. The number of nitrogens with one attached hydrogen (secondary N) is 3. The van der Waals surface area contributed by atoms with Crippen LogP contribution in [0.4, 0.5) is 11.4 Å². The predicted molar refractivity (Wildman–Crippen MR) is 110 cm³/mol. The van der Waals surface area contributed by atoms with Gasteiger partial charge in [0.25, 0.3) is 11.8 Å². The lowest BCUT2D eigenvalue weighted by Gasteiger charge is -2.14. The van der Waals surface area contributed by atoms with Crippen molar-refractivity contribution < 1.29 is 28.7 Å². The maximum absolute atomic E-state index is 12.2. The van der Waals surface area contributed by atoms with Gasteiger partial charge in [0.05, 0.1) is 7.11 Å². The summed E-state index contributed by atoms with van der Waals surface area (Å²) in [6, 6.07) is 12.9.